The van der Waals surface area contributed by atoms with E-state index in [-0.39, 0.29) is 12.0 Å². The Kier molecular flexibility index (Phi) is 4.89. The average Bonchev–Trinajstić information content (AvgIpc) is 3.33. The fourth-order valence-electron chi connectivity index (χ4n) is 3.14. The van der Waals surface area contributed by atoms with Crippen LogP contribution in [0.25, 0.3) is 5.13 Å². The molecule has 4 rings (SSSR count). The second kappa shape index (κ2) is 7.48. The third kappa shape index (κ3) is 3.85. The summed E-state index contributed by atoms with van der Waals surface area (Å²) in [4.78, 5) is 20.1. The Hall–Kier alpha value is -2.74. The number of aromatic nitrogens is 4. The van der Waals surface area contributed by atoms with Crippen LogP contribution in [0, 0.1) is 13.8 Å². The van der Waals surface area contributed by atoms with E-state index >= 15 is 0 Å². The van der Waals surface area contributed by atoms with Gasteiger partial charge in [0.05, 0.1) is 17.9 Å². The first-order chi connectivity index (χ1) is 13.1. The maximum atomic E-state index is 13.0. The van der Waals surface area contributed by atoms with Gasteiger partial charge in [0.2, 0.25) is 5.88 Å². The number of carbonyl (C=O) groups is 1. The molecular formula is C19H21N5O2S. The molecule has 140 valence electrons. The summed E-state index contributed by atoms with van der Waals surface area (Å²) in [5, 5.41) is 8.89. The predicted octanol–water partition coefficient (Wildman–Crippen LogP) is 3.02. The van der Waals surface area contributed by atoms with Gasteiger partial charge in [-0.15, -0.1) is 5.10 Å². The molecule has 0 bridgehead atoms. The van der Waals surface area contributed by atoms with Gasteiger partial charge in [0.1, 0.15) is 11.0 Å². The van der Waals surface area contributed by atoms with Gasteiger partial charge in [-0.05, 0) is 44.9 Å². The van der Waals surface area contributed by atoms with Crippen molar-refractivity contribution in [2.24, 2.45) is 0 Å². The molecule has 1 atom stereocenters. The van der Waals surface area contributed by atoms with Crippen molar-refractivity contribution in [3.05, 3.63) is 52.9 Å². The topological polar surface area (TPSA) is 73.1 Å². The van der Waals surface area contributed by atoms with E-state index in [0.717, 1.165) is 35.9 Å². The lowest BCUT2D eigenvalue weighted by atomic mass is 10.1. The lowest BCUT2D eigenvalue weighted by molar-refractivity contribution is 0.0529. The fourth-order valence-corrected chi connectivity index (χ4v) is 4.14. The summed E-state index contributed by atoms with van der Waals surface area (Å²) < 4.78 is 7.86. The van der Waals surface area contributed by atoms with E-state index in [1.807, 2.05) is 60.0 Å². The number of nitrogens with zero attached hydrogens (tertiary/aromatic N) is 5. The normalized spacial score (nSPS) is 17.1. The number of ether oxygens (including phenoxy) is 1. The standard InChI is InChI=1S/C19H21N5O2S/c1-13-7-8-16(22-21-13)26-15-6-5-11-24(12-15)18(25)17-14(2)20-19(27-17)23-9-3-4-10-23/h3-4,7-10,15H,5-6,11-12H2,1-2H3. The second-order valence-corrected chi connectivity index (χ2v) is 7.63. The zero-order chi connectivity index (χ0) is 18.8. The Morgan fingerprint density at radius 2 is 2.04 bits per heavy atom. The maximum Gasteiger partial charge on any atom is 0.266 e. The van der Waals surface area contributed by atoms with Crippen molar-refractivity contribution < 1.29 is 9.53 Å². The Morgan fingerprint density at radius 3 is 2.78 bits per heavy atom. The van der Waals surface area contributed by atoms with Crippen LogP contribution < -0.4 is 4.74 Å². The van der Waals surface area contributed by atoms with E-state index in [4.69, 9.17) is 4.74 Å². The fraction of sp³-hybridized carbons (Fsp3) is 0.368. The van der Waals surface area contributed by atoms with Gasteiger partial charge in [0.25, 0.3) is 5.91 Å². The Bertz CT molecular complexity index is 920. The molecule has 0 aromatic carbocycles. The third-order valence-corrected chi connectivity index (χ3v) is 5.69. The molecule has 0 N–H and O–H groups in total. The molecule has 1 amide bonds. The van der Waals surface area contributed by atoms with Crippen molar-refractivity contribution in [2.75, 3.05) is 13.1 Å². The van der Waals surface area contributed by atoms with Gasteiger partial charge in [0.15, 0.2) is 5.13 Å². The van der Waals surface area contributed by atoms with Crippen LogP contribution in [0.15, 0.2) is 36.7 Å². The number of rotatable bonds is 4. The summed E-state index contributed by atoms with van der Waals surface area (Å²) in [6.07, 6.45) is 5.59. The molecule has 27 heavy (non-hydrogen) atoms. The zero-order valence-electron chi connectivity index (χ0n) is 15.3. The lowest BCUT2D eigenvalue weighted by Crippen LogP contribution is -2.44. The van der Waals surface area contributed by atoms with Crippen LogP contribution in [0.3, 0.4) is 0 Å². The highest BCUT2D eigenvalue weighted by Crippen LogP contribution is 2.25. The van der Waals surface area contributed by atoms with Gasteiger partial charge >= 0.3 is 0 Å². The summed E-state index contributed by atoms with van der Waals surface area (Å²) in [5.74, 6) is 0.524. The van der Waals surface area contributed by atoms with Crippen molar-refractivity contribution in [1.82, 2.24) is 24.6 Å². The molecule has 1 aliphatic rings. The summed E-state index contributed by atoms with van der Waals surface area (Å²) in [6, 6.07) is 7.58. The number of thiazole rings is 1. The first-order valence-electron chi connectivity index (χ1n) is 8.97. The van der Waals surface area contributed by atoms with E-state index in [1.54, 1.807) is 0 Å². The van der Waals surface area contributed by atoms with Crippen LogP contribution in [-0.4, -0.2) is 49.7 Å². The Morgan fingerprint density at radius 1 is 1.22 bits per heavy atom. The smallest absolute Gasteiger partial charge is 0.266 e. The van der Waals surface area contributed by atoms with Crippen molar-refractivity contribution in [3.8, 4) is 11.0 Å². The van der Waals surface area contributed by atoms with E-state index in [0.29, 0.717) is 17.3 Å². The summed E-state index contributed by atoms with van der Waals surface area (Å²) >= 11 is 1.42. The number of hydrogen-bond acceptors (Lipinski definition) is 6. The number of carbonyl (C=O) groups excluding carboxylic acids is 1. The van der Waals surface area contributed by atoms with Crippen molar-refractivity contribution in [3.63, 3.8) is 0 Å². The minimum absolute atomic E-state index is 0.0201. The van der Waals surface area contributed by atoms with Crippen LogP contribution in [0.5, 0.6) is 5.88 Å². The Balaban J connectivity index is 1.46. The molecule has 1 unspecified atom stereocenters. The molecular weight excluding hydrogens is 362 g/mol. The number of piperidine rings is 1. The molecule has 1 aliphatic heterocycles. The Labute approximate surface area is 161 Å². The van der Waals surface area contributed by atoms with E-state index in [9.17, 15) is 4.79 Å². The zero-order valence-corrected chi connectivity index (χ0v) is 16.1. The van der Waals surface area contributed by atoms with Gasteiger partial charge < -0.3 is 14.2 Å². The van der Waals surface area contributed by atoms with Crippen LogP contribution in [0.1, 0.15) is 33.9 Å². The van der Waals surface area contributed by atoms with Gasteiger partial charge in [-0.3, -0.25) is 4.79 Å². The molecule has 3 aromatic rings. The lowest BCUT2D eigenvalue weighted by Gasteiger charge is -2.32. The number of amides is 1. The predicted molar refractivity (Wildman–Crippen MR) is 103 cm³/mol. The van der Waals surface area contributed by atoms with Crippen molar-refractivity contribution >= 4 is 17.2 Å². The molecule has 7 nitrogen and oxygen atoms in total. The van der Waals surface area contributed by atoms with Crippen LogP contribution in [0.4, 0.5) is 0 Å². The molecule has 3 aromatic heterocycles. The highest BCUT2D eigenvalue weighted by Gasteiger charge is 2.28. The van der Waals surface area contributed by atoms with E-state index < -0.39 is 0 Å². The molecule has 0 radical (unpaired) electrons. The van der Waals surface area contributed by atoms with Crippen molar-refractivity contribution in [2.45, 2.75) is 32.8 Å². The largest absolute Gasteiger partial charge is 0.471 e. The number of hydrogen-bond donors (Lipinski definition) is 0. The molecule has 0 spiro atoms. The van der Waals surface area contributed by atoms with Gasteiger partial charge in [-0.2, -0.15) is 5.10 Å². The van der Waals surface area contributed by atoms with Crippen LogP contribution >= 0.6 is 11.3 Å². The van der Waals surface area contributed by atoms with Crippen molar-refractivity contribution in [1.29, 1.82) is 0 Å². The van der Waals surface area contributed by atoms with Gasteiger partial charge in [0, 0.05) is 25.0 Å². The highest BCUT2D eigenvalue weighted by molar-refractivity contribution is 7.16. The first kappa shape index (κ1) is 17.7. The monoisotopic (exact) mass is 383 g/mol. The summed E-state index contributed by atoms with van der Waals surface area (Å²) in [5.41, 5.74) is 1.61. The second-order valence-electron chi connectivity index (χ2n) is 6.65. The minimum atomic E-state index is -0.0724. The first-order valence-corrected chi connectivity index (χ1v) is 9.79. The molecule has 8 heteroatoms. The molecule has 0 saturated carbocycles. The summed E-state index contributed by atoms with van der Waals surface area (Å²) in [7, 11) is 0. The van der Waals surface area contributed by atoms with Crippen LogP contribution in [0.2, 0.25) is 0 Å². The SMILES string of the molecule is Cc1ccc(OC2CCCN(C(=O)c3sc(-n4cccc4)nc3C)C2)nn1. The minimum Gasteiger partial charge on any atom is -0.471 e. The average molecular weight is 383 g/mol. The van der Waals surface area contributed by atoms with E-state index in [2.05, 4.69) is 15.2 Å². The quantitative estimate of drug-likeness (QED) is 0.692. The maximum absolute atomic E-state index is 13.0. The highest BCUT2D eigenvalue weighted by atomic mass is 32.1. The number of aryl methyl sites for hydroxylation is 2. The summed E-state index contributed by atoms with van der Waals surface area (Å²) in [6.45, 7) is 5.05. The molecule has 1 saturated heterocycles. The third-order valence-electron chi connectivity index (χ3n) is 4.53. The number of likely N-dealkylation sites (tertiary alicyclic amines) is 1. The molecule has 1 fully saturated rings. The van der Waals surface area contributed by atoms with Gasteiger partial charge in [-0.1, -0.05) is 11.3 Å². The molecule has 4 heterocycles. The van der Waals surface area contributed by atoms with Crippen LogP contribution in [-0.2, 0) is 0 Å². The molecule has 0 aliphatic carbocycles. The van der Waals surface area contributed by atoms with E-state index in [1.165, 1.54) is 11.3 Å². The van der Waals surface area contributed by atoms with Gasteiger partial charge in [-0.25, -0.2) is 4.98 Å².